The van der Waals surface area contributed by atoms with Crippen molar-refractivity contribution in [1.82, 2.24) is 9.91 Å². The number of nitrogens with zero attached hydrogens (tertiary/aromatic N) is 2. The fourth-order valence-corrected chi connectivity index (χ4v) is 3.56. The molecule has 0 aliphatic carbocycles. The number of hydrogen-bond acceptors (Lipinski definition) is 5. The molecule has 1 unspecified atom stereocenters. The van der Waals surface area contributed by atoms with Crippen molar-refractivity contribution in [2.75, 3.05) is 12.9 Å². The topological polar surface area (TPSA) is 67.8 Å². The molecule has 0 fully saturated rings. The van der Waals surface area contributed by atoms with Crippen LogP contribution in [0.2, 0.25) is 5.02 Å². The van der Waals surface area contributed by atoms with E-state index in [-0.39, 0.29) is 17.4 Å². The molecule has 0 spiro atoms. The molecular formula is C21H20Cl2N3O3+. The minimum atomic E-state index is -0.585. The van der Waals surface area contributed by atoms with Crippen LogP contribution in [0.15, 0.2) is 71.0 Å². The number of alkyl halides is 1. The Morgan fingerprint density at radius 2 is 1.79 bits per heavy atom. The third-order valence-corrected chi connectivity index (χ3v) is 5.05. The second-order valence-electron chi connectivity index (χ2n) is 6.54. The quantitative estimate of drug-likeness (QED) is 0.335. The van der Waals surface area contributed by atoms with Crippen LogP contribution in [0.1, 0.15) is 12.5 Å². The number of likely N-dealkylation sites (N-methyl/N-ethyl adjacent to an activating group) is 1. The Morgan fingerprint density at radius 1 is 1.14 bits per heavy atom. The maximum Gasteiger partial charge on any atom is 0.384 e. The van der Waals surface area contributed by atoms with E-state index in [1.54, 1.807) is 31.3 Å². The first-order valence-electron chi connectivity index (χ1n) is 8.89. The summed E-state index contributed by atoms with van der Waals surface area (Å²) in [6.07, 6.45) is 0. The molecule has 0 radical (unpaired) electrons. The number of carbonyl (C=O) groups excluding carboxylic acids is 2. The lowest BCUT2D eigenvalue weighted by Crippen LogP contribution is -2.43. The smallest absolute Gasteiger partial charge is 0.384 e. The van der Waals surface area contributed by atoms with Gasteiger partial charge in [-0.2, -0.15) is 0 Å². The summed E-state index contributed by atoms with van der Waals surface area (Å²) in [6, 6.07) is 16.6. The highest BCUT2D eigenvalue weighted by atomic mass is 35.5. The van der Waals surface area contributed by atoms with Gasteiger partial charge < -0.3 is 10.1 Å². The fourth-order valence-electron chi connectivity index (χ4n) is 3.03. The van der Waals surface area contributed by atoms with E-state index >= 15 is 0 Å². The molecule has 3 rings (SSSR count). The van der Waals surface area contributed by atoms with Crippen LogP contribution in [0.5, 0.6) is 0 Å². The van der Waals surface area contributed by atoms with Crippen molar-refractivity contribution in [1.29, 1.82) is 0 Å². The molecule has 1 amide bonds. The number of carbonyl (C=O) groups is 2. The Morgan fingerprint density at radius 3 is 2.41 bits per heavy atom. The van der Waals surface area contributed by atoms with Crippen molar-refractivity contribution in [3.8, 4) is 0 Å². The molecule has 0 saturated carbocycles. The zero-order valence-corrected chi connectivity index (χ0v) is 17.5. The van der Waals surface area contributed by atoms with Crippen LogP contribution in [0.4, 0.5) is 5.69 Å². The average Bonchev–Trinajstić information content (AvgIpc) is 2.94. The minimum Gasteiger partial charge on any atom is -0.402 e. The van der Waals surface area contributed by atoms with Crippen LogP contribution in [-0.4, -0.2) is 30.7 Å². The number of nitrogens with one attached hydrogen (secondary N) is 1. The van der Waals surface area contributed by atoms with E-state index in [1.165, 1.54) is 6.92 Å². The van der Waals surface area contributed by atoms with Crippen molar-refractivity contribution >= 4 is 46.7 Å². The Balaban J connectivity index is 2.04. The van der Waals surface area contributed by atoms with Gasteiger partial charge in [-0.05, 0) is 16.7 Å². The standard InChI is InChI=1S/C21H19Cl2N3O3/c1-14(27)29-20-19(17(12-22)24-13-15-8-4-3-5-9-15)21(28)26(2,25-20)18-11-7-6-10-16(18)23/h3-11H,12-13H2,1-2H3/p+1. The van der Waals surface area contributed by atoms with Gasteiger partial charge in [0, 0.05) is 25.2 Å². The molecule has 1 aliphatic rings. The highest BCUT2D eigenvalue weighted by molar-refractivity contribution is 6.35. The lowest BCUT2D eigenvalue weighted by Gasteiger charge is -2.20. The zero-order valence-electron chi connectivity index (χ0n) is 16.0. The molecule has 1 heterocycles. The molecule has 1 atom stereocenters. The van der Waals surface area contributed by atoms with Gasteiger partial charge in [-0.15, -0.1) is 11.6 Å². The monoisotopic (exact) mass is 432 g/mol. The van der Waals surface area contributed by atoms with Gasteiger partial charge in [0.15, 0.2) is 11.3 Å². The van der Waals surface area contributed by atoms with Crippen LogP contribution in [0.25, 0.3) is 0 Å². The van der Waals surface area contributed by atoms with Crippen molar-refractivity contribution in [3.63, 3.8) is 0 Å². The van der Waals surface area contributed by atoms with Crippen LogP contribution < -0.4 is 9.91 Å². The van der Waals surface area contributed by atoms with E-state index in [0.29, 0.717) is 23.0 Å². The van der Waals surface area contributed by atoms with Gasteiger partial charge in [0.05, 0.1) is 5.88 Å². The number of hydrogen-bond donors (Lipinski definition) is 1. The molecule has 0 saturated heterocycles. The zero-order chi connectivity index (χ0) is 21.0. The first-order valence-corrected chi connectivity index (χ1v) is 9.80. The third-order valence-electron chi connectivity index (χ3n) is 4.46. The van der Waals surface area contributed by atoms with Crippen molar-refractivity contribution < 1.29 is 14.3 Å². The van der Waals surface area contributed by atoms with Crippen LogP contribution in [0.3, 0.4) is 0 Å². The van der Waals surface area contributed by atoms with Gasteiger partial charge in [0.25, 0.3) is 5.90 Å². The van der Waals surface area contributed by atoms with Gasteiger partial charge in [-0.3, -0.25) is 4.79 Å². The number of halogens is 2. The summed E-state index contributed by atoms with van der Waals surface area (Å²) in [6.45, 7) is 1.70. The Labute approximate surface area is 179 Å². The number of benzene rings is 2. The van der Waals surface area contributed by atoms with E-state index < -0.39 is 16.5 Å². The van der Waals surface area contributed by atoms with Gasteiger partial charge in [0.1, 0.15) is 12.1 Å². The third kappa shape index (κ3) is 4.34. The number of para-hydroxylation sites is 1. The van der Waals surface area contributed by atoms with E-state index in [2.05, 4.69) is 10.4 Å². The molecule has 0 bridgehead atoms. The summed E-state index contributed by atoms with van der Waals surface area (Å²) < 4.78 is 4.75. The Bertz CT molecular complexity index is 1010. The largest absolute Gasteiger partial charge is 0.402 e. The number of esters is 1. The van der Waals surface area contributed by atoms with Crippen molar-refractivity contribution in [2.24, 2.45) is 5.10 Å². The maximum atomic E-state index is 13.4. The number of ether oxygens (including phenoxy) is 1. The molecular weight excluding hydrogens is 413 g/mol. The molecule has 2 aromatic rings. The van der Waals surface area contributed by atoms with Gasteiger partial charge in [-0.25, -0.2) is 4.79 Å². The Kier molecular flexibility index (Phi) is 6.37. The Hall–Kier alpha value is -2.67. The molecule has 6 nitrogen and oxygen atoms in total. The summed E-state index contributed by atoms with van der Waals surface area (Å²) in [5, 5.41) is 7.95. The summed E-state index contributed by atoms with van der Waals surface area (Å²) in [5.74, 6) is -1.05. The molecule has 0 aromatic heterocycles. The maximum absolute atomic E-state index is 13.4. The highest BCUT2D eigenvalue weighted by Crippen LogP contribution is 2.36. The predicted octanol–water partition coefficient (Wildman–Crippen LogP) is 3.98. The van der Waals surface area contributed by atoms with E-state index in [9.17, 15) is 9.59 Å². The van der Waals surface area contributed by atoms with E-state index in [1.807, 2.05) is 30.3 Å². The lowest BCUT2D eigenvalue weighted by atomic mass is 10.1. The fraction of sp³-hybridized carbons (Fsp3) is 0.190. The van der Waals surface area contributed by atoms with Crippen molar-refractivity contribution in [3.05, 3.63) is 76.5 Å². The molecule has 1 N–H and O–H groups in total. The first-order chi connectivity index (χ1) is 13.9. The van der Waals surface area contributed by atoms with Gasteiger partial charge in [-0.1, -0.05) is 58.7 Å². The molecule has 150 valence electrons. The van der Waals surface area contributed by atoms with Crippen LogP contribution in [-0.2, 0) is 20.9 Å². The first kappa shape index (κ1) is 21.0. The number of amides is 1. The van der Waals surface area contributed by atoms with Gasteiger partial charge >= 0.3 is 11.9 Å². The highest BCUT2D eigenvalue weighted by Gasteiger charge is 2.50. The molecule has 2 aromatic carbocycles. The van der Waals surface area contributed by atoms with E-state index in [0.717, 1.165) is 5.56 Å². The van der Waals surface area contributed by atoms with Gasteiger partial charge in [0.2, 0.25) is 0 Å². The van der Waals surface area contributed by atoms with Crippen LogP contribution >= 0.6 is 23.2 Å². The average molecular weight is 433 g/mol. The summed E-state index contributed by atoms with van der Waals surface area (Å²) in [5.41, 5.74) is 2.04. The number of rotatable bonds is 5. The lowest BCUT2D eigenvalue weighted by molar-refractivity contribution is -0.132. The molecule has 29 heavy (non-hydrogen) atoms. The molecule has 1 aliphatic heterocycles. The van der Waals surface area contributed by atoms with E-state index in [4.69, 9.17) is 27.9 Å². The molecule has 8 heteroatoms. The number of quaternary nitrogens is 1. The number of allylic oxidation sites excluding steroid dienone is 1. The summed E-state index contributed by atoms with van der Waals surface area (Å²) >= 11 is 12.5. The second-order valence-corrected chi connectivity index (χ2v) is 7.22. The predicted molar refractivity (Wildman–Crippen MR) is 114 cm³/mol. The second kappa shape index (κ2) is 8.78. The summed E-state index contributed by atoms with van der Waals surface area (Å²) in [4.78, 5) is 25.1. The minimum absolute atomic E-state index is 0.0106. The summed E-state index contributed by atoms with van der Waals surface area (Å²) in [7, 11) is 1.59. The SMILES string of the molecule is CC(=O)OC1=N[N+](C)(c2ccccc2Cl)C(=O)/C1=C(/CCl)NCc1ccccc1. The normalized spacial score (nSPS) is 20.3. The van der Waals surface area contributed by atoms with Crippen LogP contribution in [0, 0.1) is 0 Å². The van der Waals surface area contributed by atoms with Crippen molar-refractivity contribution in [2.45, 2.75) is 13.5 Å².